The van der Waals surface area contributed by atoms with Crippen molar-refractivity contribution < 1.29 is 9.90 Å². The molecule has 21 heavy (non-hydrogen) atoms. The highest BCUT2D eigenvalue weighted by atomic mass is 16.4. The molecule has 116 valence electrons. The lowest BCUT2D eigenvalue weighted by atomic mass is 9.78. The van der Waals surface area contributed by atoms with Crippen molar-refractivity contribution in [2.45, 2.75) is 59.4 Å². The number of carbonyl (C=O) groups is 1. The van der Waals surface area contributed by atoms with Crippen LogP contribution in [-0.2, 0) is 0 Å². The Morgan fingerprint density at radius 1 is 1.24 bits per heavy atom. The first-order chi connectivity index (χ1) is 9.91. The summed E-state index contributed by atoms with van der Waals surface area (Å²) in [5.41, 5.74) is 1.62. The van der Waals surface area contributed by atoms with E-state index in [1.54, 1.807) is 13.8 Å². The Morgan fingerprint density at radius 3 is 2.52 bits per heavy atom. The molecule has 0 saturated heterocycles. The summed E-state index contributed by atoms with van der Waals surface area (Å²) in [6, 6.07) is 0.285. The van der Waals surface area contributed by atoms with Gasteiger partial charge in [0.05, 0.1) is 5.69 Å². The number of carboxylic acids is 1. The highest BCUT2D eigenvalue weighted by molar-refractivity contribution is 5.94. The van der Waals surface area contributed by atoms with Crippen LogP contribution >= 0.6 is 0 Å². The molecular weight excluding hydrogens is 266 g/mol. The second kappa shape index (κ2) is 6.41. The van der Waals surface area contributed by atoms with Crippen molar-refractivity contribution in [3.63, 3.8) is 0 Å². The van der Waals surface area contributed by atoms with Crippen LogP contribution in [0.5, 0.6) is 0 Å². The van der Waals surface area contributed by atoms with Gasteiger partial charge in [0.25, 0.3) is 0 Å². The van der Waals surface area contributed by atoms with Crippen LogP contribution in [-0.4, -0.2) is 27.3 Å². The molecule has 1 heterocycles. The number of aryl methyl sites for hydroxylation is 1. The second-order valence-electron chi connectivity index (χ2n) is 6.38. The fraction of sp³-hybridized carbons (Fsp3) is 0.688. The van der Waals surface area contributed by atoms with Gasteiger partial charge >= 0.3 is 5.97 Å². The molecule has 0 aliphatic heterocycles. The summed E-state index contributed by atoms with van der Waals surface area (Å²) < 4.78 is 0. The van der Waals surface area contributed by atoms with E-state index in [1.807, 2.05) is 0 Å². The lowest BCUT2D eigenvalue weighted by molar-refractivity contribution is 0.0696. The molecule has 1 aromatic heterocycles. The molecule has 1 fully saturated rings. The standard InChI is InChI=1S/C16H25N3O2/c1-9(2)12-7-5-6-8-13(12)17-15-14(16(20)21)10(3)11(4)18-19-15/h9,12-13H,5-8H2,1-4H3,(H,17,19)(H,20,21). The molecule has 2 unspecified atom stereocenters. The highest BCUT2D eigenvalue weighted by Gasteiger charge is 2.29. The van der Waals surface area contributed by atoms with Gasteiger partial charge in [0.2, 0.25) is 0 Å². The van der Waals surface area contributed by atoms with Crippen molar-refractivity contribution in [1.82, 2.24) is 10.2 Å². The molecule has 5 heteroatoms. The maximum atomic E-state index is 11.5. The van der Waals surface area contributed by atoms with Crippen LogP contribution < -0.4 is 5.32 Å². The van der Waals surface area contributed by atoms with E-state index in [4.69, 9.17) is 0 Å². The summed E-state index contributed by atoms with van der Waals surface area (Å²) in [6.45, 7) is 8.04. The molecule has 1 aromatic rings. The Morgan fingerprint density at radius 2 is 1.90 bits per heavy atom. The number of hydrogen-bond acceptors (Lipinski definition) is 4. The smallest absolute Gasteiger partial charge is 0.339 e. The molecule has 5 nitrogen and oxygen atoms in total. The molecule has 2 N–H and O–H groups in total. The van der Waals surface area contributed by atoms with E-state index in [-0.39, 0.29) is 11.6 Å². The first-order valence-corrected chi connectivity index (χ1v) is 7.75. The van der Waals surface area contributed by atoms with Crippen molar-refractivity contribution in [3.05, 3.63) is 16.8 Å². The fourth-order valence-corrected chi connectivity index (χ4v) is 3.28. The minimum Gasteiger partial charge on any atom is -0.478 e. The highest BCUT2D eigenvalue weighted by Crippen LogP contribution is 2.33. The summed E-state index contributed by atoms with van der Waals surface area (Å²) in [5.74, 6) is 0.618. The molecule has 0 spiro atoms. The molecule has 1 aliphatic rings. The second-order valence-corrected chi connectivity index (χ2v) is 6.38. The van der Waals surface area contributed by atoms with Crippen LogP contribution in [0.25, 0.3) is 0 Å². The topological polar surface area (TPSA) is 75.1 Å². The molecule has 0 radical (unpaired) electrons. The van der Waals surface area contributed by atoms with E-state index in [2.05, 4.69) is 29.4 Å². The fourth-order valence-electron chi connectivity index (χ4n) is 3.28. The van der Waals surface area contributed by atoms with Crippen molar-refractivity contribution in [1.29, 1.82) is 0 Å². The Hall–Kier alpha value is -1.65. The summed E-state index contributed by atoms with van der Waals surface area (Å²) in [5, 5.41) is 21.0. The normalized spacial score (nSPS) is 22.3. The molecule has 2 atom stereocenters. The minimum absolute atomic E-state index is 0.260. The Bertz CT molecular complexity index is 528. The van der Waals surface area contributed by atoms with Crippen LogP contribution in [0.2, 0.25) is 0 Å². The van der Waals surface area contributed by atoms with Crippen LogP contribution in [0.15, 0.2) is 0 Å². The maximum absolute atomic E-state index is 11.5. The zero-order valence-electron chi connectivity index (χ0n) is 13.3. The molecule has 0 aromatic carbocycles. The molecule has 0 bridgehead atoms. The third kappa shape index (κ3) is 3.34. The van der Waals surface area contributed by atoms with Gasteiger partial charge in [-0.2, -0.15) is 5.10 Å². The van der Waals surface area contributed by atoms with Crippen LogP contribution in [0.4, 0.5) is 5.82 Å². The predicted molar refractivity (Wildman–Crippen MR) is 82.7 cm³/mol. The van der Waals surface area contributed by atoms with E-state index in [1.165, 1.54) is 19.3 Å². The number of nitrogens with one attached hydrogen (secondary N) is 1. The summed E-state index contributed by atoms with van der Waals surface area (Å²) in [6.07, 6.45) is 4.69. The molecule has 2 rings (SSSR count). The van der Waals surface area contributed by atoms with Gasteiger partial charge in [-0.1, -0.05) is 26.7 Å². The number of anilines is 1. The molecule has 0 amide bonds. The lowest BCUT2D eigenvalue weighted by Gasteiger charge is -2.35. The molecule has 1 aliphatic carbocycles. The van der Waals surface area contributed by atoms with Crippen LogP contribution in [0.1, 0.15) is 61.1 Å². The summed E-state index contributed by atoms with van der Waals surface area (Å²) in [4.78, 5) is 11.5. The van der Waals surface area contributed by atoms with Crippen molar-refractivity contribution >= 4 is 11.8 Å². The first-order valence-electron chi connectivity index (χ1n) is 7.75. The zero-order valence-corrected chi connectivity index (χ0v) is 13.3. The van der Waals surface area contributed by atoms with E-state index in [0.717, 1.165) is 6.42 Å². The zero-order chi connectivity index (χ0) is 15.6. The van der Waals surface area contributed by atoms with Gasteiger partial charge in [0.15, 0.2) is 5.82 Å². The Labute approximate surface area is 126 Å². The van der Waals surface area contributed by atoms with Gasteiger partial charge in [-0.3, -0.25) is 0 Å². The van der Waals surface area contributed by atoms with Crippen molar-refractivity contribution in [2.75, 3.05) is 5.32 Å². The lowest BCUT2D eigenvalue weighted by Crippen LogP contribution is -2.36. The summed E-state index contributed by atoms with van der Waals surface area (Å²) in [7, 11) is 0. The monoisotopic (exact) mass is 291 g/mol. The average Bonchev–Trinajstić information content (AvgIpc) is 2.43. The average molecular weight is 291 g/mol. The van der Waals surface area contributed by atoms with E-state index < -0.39 is 5.97 Å². The van der Waals surface area contributed by atoms with E-state index in [0.29, 0.717) is 28.9 Å². The third-order valence-corrected chi connectivity index (χ3v) is 4.67. The van der Waals surface area contributed by atoms with Crippen molar-refractivity contribution in [3.8, 4) is 0 Å². The van der Waals surface area contributed by atoms with E-state index in [9.17, 15) is 9.90 Å². The Kier molecular flexibility index (Phi) is 4.80. The number of nitrogens with zero attached hydrogens (tertiary/aromatic N) is 2. The van der Waals surface area contributed by atoms with Crippen molar-refractivity contribution in [2.24, 2.45) is 11.8 Å². The van der Waals surface area contributed by atoms with Crippen LogP contribution in [0.3, 0.4) is 0 Å². The number of hydrogen-bond donors (Lipinski definition) is 2. The minimum atomic E-state index is -0.940. The number of rotatable bonds is 4. The molecule has 1 saturated carbocycles. The quantitative estimate of drug-likeness (QED) is 0.889. The third-order valence-electron chi connectivity index (χ3n) is 4.67. The summed E-state index contributed by atoms with van der Waals surface area (Å²) >= 11 is 0. The van der Waals surface area contributed by atoms with E-state index >= 15 is 0 Å². The van der Waals surface area contributed by atoms with Gasteiger partial charge in [0.1, 0.15) is 5.56 Å². The maximum Gasteiger partial charge on any atom is 0.339 e. The number of aromatic carboxylic acids is 1. The van der Waals surface area contributed by atoms with Gasteiger partial charge in [0, 0.05) is 6.04 Å². The van der Waals surface area contributed by atoms with Gasteiger partial charge in [-0.15, -0.1) is 5.10 Å². The SMILES string of the molecule is Cc1nnc(NC2CCCCC2C(C)C)c(C(=O)O)c1C. The van der Waals surface area contributed by atoms with Gasteiger partial charge < -0.3 is 10.4 Å². The number of carboxylic acid groups (broad SMARTS) is 1. The first kappa shape index (κ1) is 15.7. The number of aromatic nitrogens is 2. The van der Waals surface area contributed by atoms with Gasteiger partial charge in [-0.05, 0) is 44.1 Å². The largest absolute Gasteiger partial charge is 0.478 e. The predicted octanol–water partition coefficient (Wildman–Crippen LogP) is 3.42. The molecular formula is C16H25N3O2. The Balaban J connectivity index is 2.30. The van der Waals surface area contributed by atoms with Gasteiger partial charge in [-0.25, -0.2) is 4.79 Å². The van der Waals surface area contributed by atoms with Crippen LogP contribution in [0, 0.1) is 25.7 Å².